The van der Waals surface area contributed by atoms with Crippen LogP contribution in [0.2, 0.25) is 0 Å². The van der Waals surface area contributed by atoms with Crippen molar-refractivity contribution in [2.75, 3.05) is 0 Å². The zero-order valence-electron chi connectivity index (χ0n) is 8.17. The van der Waals surface area contributed by atoms with Crippen molar-refractivity contribution in [3.05, 3.63) is 0 Å². The van der Waals surface area contributed by atoms with E-state index in [2.05, 4.69) is 0 Å². The van der Waals surface area contributed by atoms with Crippen LogP contribution in [0.4, 0.5) is 13.2 Å². The summed E-state index contributed by atoms with van der Waals surface area (Å²) in [5, 5.41) is 10.6. The predicted octanol–water partition coefficient (Wildman–Crippen LogP) is 0.918. The lowest BCUT2D eigenvalue weighted by Gasteiger charge is -2.38. The van der Waals surface area contributed by atoms with Gasteiger partial charge in [-0.25, -0.2) is 0 Å². The molecule has 1 amide bonds. The molecule has 0 aromatic rings. The minimum absolute atomic E-state index is 0.366. The topological polar surface area (TPSA) is 66.4 Å². The van der Waals surface area contributed by atoms with Crippen LogP contribution in [0.3, 0.4) is 0 Å². The summed E-state index contributed by atoms with van der Waals surface area (Å²) in [7, 11) is 0. The third kappa shape index (κ3) is 1.54. The van der Waals surface area contributed by atoms with E-state index in [0.29, 0.717) is 19.3 Å². The number of nitrogens with one attached hydrogen (secondary N) is 1. The number of rotatable bonds is 2. The molecule has 0 aromatic carbocycles. The van der Waals surface area contributed by atoms with E-state index in [4.69, 9.17) is 5.11 Å². The first-order valence-electron chi connectivity index (χ1n) is 4.88. The maximum Gasteiger partial charge on any atom is 0.471 e. The van der Waals surface area contributed by atoms with E-state index in [1.165, 1.54) is 0 Å². The van der Waals surface area contributed by atoms with E-state index in [1.54, 1.807) is 0 Å². The van der Waals surface area contributed by atoms with Gasteiger partial charge in [-0.05, 0) is 19.3 Å². The highest BCUT2D eigenvalue weighted by Crippen LogP contribution is 2.65. The summed E-state index contributed by atoms with van der Waals surface area (Å²) < 4.78 is 35.9. The van der Waals surface area contributed by atoms with Gasteiger partial charge in [-0.15, -0.1) is 0 Å². The van der Waals surface area contributed by atoms with Gasteiger partial charge in [0.05, 0.1) is 5.92 Å². The van der Waals surface area contributed by atoms with Crippen LogP contribution in [0.1, 0.15) is 19.3 Å². The van der Waals surface area contributed by atoms with E-state index in [-0.39, 0.29) is 0 Å². The summed E-state index contributed by atoms with van der Waals surface area (Å²) in [4.78, 5) is 21.3. The van der Waals surface area contributed by atoms with Gasteiger partial charge in [-0.3, -0.25) is 9.59 Å². The standard InChI is InChI=1S/C9H10F3NO3/c10-9(11,12)7(16)13-5-1-2-8(5)3-4(8)6(14)15/h4-5H,1-3H2,(H,13,16)(H,14,15). The first-order chi connectivity index (χ1) is 7.27. The Balaban J connectivity index is 1.94. The van der Waals surface area contributed by atoms with Gasteiger partial charge in [0.1, 0.15) is 0 Å². The number of carboxylic acids is 1. The molecule has 2 rings (SSSR count). The lowest BCUT2D eigenvalue weighted by atomic mass is 9.74. The number of halogens is 3. The summed E-state index contributed by atoms with van der Waals surface area (Å²) in [5.74, 6) is -3.57. The molecule has 0 radical (unpaired) electrons. The molecule has 2 aliphatic carbocycles. The van der Waals surface area contributed by atoms with Gasteiger partial charge < -0.3 is 10.4 Å². The quantitative estimate of drug-likeness (QED) is 0.750. The summed E-state index contributed by atoms with van der Waals surface area (Å²) in [6.07, 6.45) is -3.53. The van der Waals surface area contributed by atoms with Gasteiger partial charge in [0.2, 0.25) is 0 Å². The lowest BCUT2D eigenvalue weighted by molar-refractivity contribution is -0.176. The minimum Gasteiger partial charge on any atom is -0.481 e. The van der Waals surface area contributed by atoms with Gasteiger partial charge in [0.15, 0.2) is 0 Å². The highest BCUT2D eigenvalue weighted by molar-refractivity contribution is 5.83. The molecule has 1 spiro atoms. The molecule has 3 unspecified atom stereocenters. The molecule has 2 N–H and O–H groups in total. The first kappa shape index (κ1) is 11.2. The van der Waals surface area contributed by atoms with Crippen molar-refractivity contribution in [3.63, 3.8) is 0 Å². The minimum atomic E-state index is -4.90. The summed E-state index contributed by atoms with van der Waals surface area (Å²) in [6, 6.07) is -0.636. The molecule has 7 heteroatoms. The molecule has 3 atom stereocenters. The number of aliphatic carboxylic acids is 1. The molecule has 0 aliphatic heterocycles. The fourth-order valence-electron chi connectivity index (χ4n) is 2.43. The van der Waals surface area contributed by atoms with Crippen LogP contribution in [-0.2, 0) is 9.59 Å². The molecular weight excluding hydrogens is 227 g/mol. The average molecular weight is 237 g/mol. The first-order valence-corrected chi connectivity index (χ1v) is 4.88. The summed E-state index contributed by atoms with van der Waals surface area (Å²) >= 11 is 0. The summed E-state index contributed by atoms with van der Waals surface area (Å²) in [6.45, 7) is 0. The number of carbonyl (C=O) groups excluding carboxylic acids is 1. The van der Waals surface area contributed by atoms with Crippen molar-refractivity contribution in [2.24, 2.45) is 11.3 Å². The molecule has 2 aliphatic rings. The van der Waals surface area contributed by atoms with Crippen LogP contribution in [0.15, 0.2) is 0 Å². The van der Waals surface area contributed by atoms with E-state index in [9.17, 15) is 22.8 Å². The highest BCUT2D eigenvalue weighted by atomic mass is 19.4. The Morgan fingerprint density at radius 3 is 2.31 bits per heavy atom. The van der Waals surface area contributed by atoms with E-state index in [1.807, 2.05) is 5.32 Å². The Hall–Kier alpha value is -1.27. The Kier molecular flexibility index (Phi) is 2.18. The molecule has 90 valence electrons. The average Bonchev–Trinajstić information content (AvgIpc) is 2.87. The smallest absolute Gasteiger partial charge is 0.471 e. The normalized spacial score (nSPS) is 36.7. The zero-order chi connectivity index (χ0) is 12.1. The predicted molar refractivity (Wildman–Crippen MR) is 45.4 cm³/mol. The molecule has 2 fully saturated rings. The molecule has 0 saturated heterocycles. The van der Waals surface area contributed by atoms with Crippen molar-refractivity contribution in [1.82, 2.24) is 5.32 Å². The Labute approximate surface area is 88.8 Å². The molecule has 0 bridgehead atoms. The Morgan fingerprint density at radius 2 is 2.00 bits per heavy atom. The monoisotopic (exact) mass is 237 g/mol. The van der Waals surface area contributed by atoms with Crippen LogP contribution < -0.4 is 5.32 Å². The third-order valence-electron chi connectivity index (χ3n) is 3.57. The number of carbonyl (C=O) groups is 2. The van der Waals surface area contributed by atoms with Gasteiger partial charge >= 0.3 is 18.1 Å². The van der Waals surface area contributed by atoms with Gasteiger partial charge in [0.25, 0.3) is 0 Å². The molecule has 0 heterocycles. The maximum absolute atomic E-state index is 12.0. The van der Waals surface area contributed by atoms with Crippen LogP contribution in [0.25, 0.3) is 0 Å². The second-order valence-corrected chi connectivity index (χ2v) is 4.39. The Bertz CT molecular complexity index is 354. The van der Waals surface area contributed by atoms with E-state index >= 15 is 0 Å². The van der Waals surface area contributed by atoms with E-state index < -0.39 is 35.4 Å². The molecule has 4 nitrogen and oxygen atoms in total. The van der Waals surface area contributed by atoms with Crippen LogP contribution in [0, 0.1) is 11.3 Å². The number of hydrogen-bond acceptors (Lipinski definition) is 2. The van der Waals surface area contributed by atoms with Crippen LogP contribution in [0.5, 0.6) is 0 Å². The largest absolute Gasteiger partial charge is 0.481 e. The van der Waals surface area contributed by atoms with Crippen molar-refractivity contribution in [2.45, 2.75) is 31.5 Å². The van der Waals surface area contributed by atoms with Gasteiger partial charge in [-0.2, -0.15) is 13.2 Å². The van der Waals surface area contributed by atoms with Crippen molar-refractivity contribution >= 4 is 11.9 Å². The zero-order valence-corrected chi connectivity index (χ0v) is 8.17. The van der Waals surface area contributed by atoms with Gasteiger partial charge in [-0.1, -0.05) is 0 Å². The fourth-order valence-corrected chi connectivity index (χ4v) is 2.43. The SMILES string of the molecule is O=C(O)C1CC12CCC2NC(=O)C(F)(F)F. The number of amides is 1. The van der Waals surface area contributed by atoms with E-state index in [0.717, 1.165) is 0 Å². The van der Waals surface area contributed by atoms with Crippen molar-refractivity contribution in [3.8, 4) is 0 Å². The maximum atomic E-state index is 12.0. The number of hydrogen-bond donors (Lipinski definition) is 2. The Morgan fingerprint density at radius 1 is 1.38 bits per heavy atom. The number of alkyl halides is 3. The van der Waals surface area contributed by atoms with Gasteiger partial charge in [0, 0.05) is 11.5 Å². The third-order valence-corrected chi connectivity index (χ3v) is 3.57. The molecule has 16 heavy (non-hydrogen) atoms. The highest BCUT2D eigenvalue weighted by Gasteiger charge is 2.68. The molecular formula is C9H10F3NO3. The van der Waals surface area contributed by atoms with Crippen molar-refractivity contribution in [1.29, 1.82) is 0 Å². The lowest BCUT2D eigenvalue weighted by Crippen LogP contribution is -2.53. The molecule has 2 saturated carbocycles. The number of carboxylic acid groups (broad SMARTS) is 1. The second-order valence-electron chi connectivity index (χ2n) is 4.39. The molecule has 0 aromatic heterocycles. The van der Waals surface area contributed by atoms with Crippen LogP contribution in [-0.4, -0.2) is 29.2 Å². The van der Waals surface area contributed by atoms with Crippen LogP contribution >= 0.6 is 0 Å². The summed E-state index contributed by atoms with van der Waals surface area (Å²) in [5.41, 5.74) is -0.604. The van der Waals surface area contributed by atoms with Crippen molar-refractivity contribution < 1.29 is 27.9 Å². The fraction of sp³-hybridized carbons (Fsp3) is 0.778. The second kappa shape index (κ2) is 3.11.